The van der Waals surface area contributed by atoms with Crippen LogP contribution >= 0.6 is 12.4 Å². The molecule has 2 N–H and O–H groups in total. The number of carboxylic acids is 1. The predicted octanol–water partition coefficient (Wildman–Crippen LogP) is 2.44. The second kappa shape index (κ2) is 5.87. The highest BCUT2D eigenvalue weighted by molar-refractivity contribution is 5.85. The summed E-state index contributed by atoms with van der Waals surface area (Å²) in [5.74, 6) is -0.109. The van der Waals surface area contributed by atoms with Crippen LogP contribution in [0.5, 0.6) is 0 Å². The molecule has 0 aromatic carbocycles. The molecule has 1 heterocycles. The molecule has 2 aliphatic rings. The fraction of sp³-hybridized carbons (Fsp3) is 0.917. The monoisotopic (exact) mass is 247 g/mol. The van der Waals surface area contributed by atoms with Crippen LogP contribution < -0.4 is 5.32 Å². The first-order valence-corrected chi connectivity index (χ1v) is 6.20. The Labute approximate surface area is 103 Å². The second-order valence-corrected chi connectivity index (χ2v) is 5.05. The van der Waals surface area contributed by atoms with E-state index < -0.39 is 11.4 Å². The summed E-state index contributed by atoms with van der Waals surface area (Å²) in [6.45, 7) is 1.76. The first kappa shape index (κ1) is 13.8. The summed E-state index contributed by atoms with van der Waals surface area (Å²) >= 11 is 0. The van der Waals surface area contributed by atoms with Crippen molar-refractivity contribution < 1.29 is 9.90 Å². The zero-order chi connectivity index (χ0) is 10.7. The van der Waals surface area contributed by atoms with Crippen LogP contribution in [-0.4, -0.2) is 24.2 Å². The Morgan fingerprint density at radius 1 is 1.12 bits per heavy atom. The number of aliphatic carboxylic acids is 1. The van der Waals surface area contributed by atoms with Gasteiger partial charge in [-0.15, -0.1) is 12.4 Å². The molecule has 0 spiro atoms. The Kier molecular flexibility index (Phi) is 5.06. The van der Waals surface area contributed by atoms with Crippen molar-refractivity contribution in [2.24, 2.45) is 11.3 Å². The van der Waals surface area contributed by atoms with E-state index in [1.54, 1.807) is 0 Å². The van der Waals surface area contributed by atoms with Crippen LogP contribution in [0.15, 0.2) is 0 Å². The van der Waals surface area contributed by atoms with Gasteiger partial charge >= 0.3 is 5.97 Å². The Hall–Kier alpha value is -0.280. The molecule has 0 bridgehead atoms. The van der Waals surface area contributed by atoms with Gasteiger partial charge in [-0.3, -0.25) is 4.79 Å². The van der Waals surface area contributed by atoms with E-state index in [4.69, 9.17) is 0 Å². The summed E-state index contributed by atoms with van der Waals surface area (Å²) in [7, 11) is 0. The number of piperidine rings is 1. The molecule has 0 radical (unpaired) electrons. The maximum Gasteiger partial charge on any atom is 0.310 e. The lowest BCUT2D eigenvalue weighted by atomic mass is 9.64. The Morgan fingerprint density at radius 3 is 2.19 bits per heavy atom. The standard InChI is InChI=1S/C12H21NO2.ClH/c14-11(15)12(6-8-13-9-7-12)10-4-2-1-3-5-10;/h10,13H,1-9H2,(H,14,15);1H. The summed E-state index contributed by atoms with van der Waals surface area (Å²) < 4.78 is 0. The van der Waals surface area contributed by atoms with Crippen molar-refractivity contribution in [3.05, 3.63) is 0 Å². The summed E-state index contributed by atoms with van der Waals surface area (Å²) in [4.78, 5) is 11.5. The van der Waals surface area contributed by atoms with Gasteiger partial charge in [0.25, 0.3) is 0 Å². The van der Waals surface area contributed by atoms with Gasteiger partial charge in [-0.05, 0) is 44.7 Å². The third-order valence-corrected chi connectivity index (χ3v) is 4.31. The van der Waals surface area contributed by atoms with Crippen molar-refractivity contribution in [1.29, 1.82) is 0 Å². The first-order valence-electron chi connectivity index (χ1n) is 6.20. The normalized spacial score (nSPS) is 25.8. The van der Waals surface area contributed by atoms with Crippen LogP contribution in [0.3, 0.4) is 0 Å². The van der Waals surface area contributed by atoms with E-state index in [1.807, 2.05) is 0 Å². The molecule has 0 aromatic rings. The zero-order valence-electron chi connectivity index (χ0n) is 9.71. The SMILES string of the molecule is Cl.O=C(O)C1(C2CCCCC2)CCNCC1. The van der Waals surface area contributed by atoms with Crippen molar-refractivity contribution in [3.8, 4) is 0 Å². The van der Waals surface area contributed by atoms with Crippen LogP contribution in [0.1, 0.15) is 44.9 Å². The van der Waals surface area contributed by atoms with Crippen molar-refractivity contribution in [3.63, 3.8) is 0 Å². The number of carbonyl (C=O) groups is 1. The van der Waals surface area contributed by atoms with E-state index in [0.717, 1.165) is 38.8 Å². The van der Waals surface area contributed by atoms with Gasteiger partial charge in [0.1, 0.15) is 0 Å². The van der Waals surface area contributed by atoms with Gasteiger partial charge in [0.2, 0.25) is 0 Å². The summed E-state index contributed by atoms with van der Waals surface area (Å²) in [5, 5.41) is 12.8. The van der Waals surface area contributed by atoms with E-state index in [1.165, 1.54) is 19.3 Å². The molecule has 3 nitrogen and oxygen atoms in total. The van der Waals surface area contributed by atoms with Crippen molar-refractivity contribution in [2.45, 2.75) is 44.9 Å². The average Bonchev–Trinajstić information content (AvgIpc) is 2.31. The Bertz CT molecular complexity index is 233. The van der Waals surface area contributed by atoms with Crippen LogP contribution in [0, 0.1) is 11.3 Å². The quantitative estimate of drug-likeness (QED) is 0.788. The summed E-state index contributed by atoms with van der Waals surface area (Å²) in [6, 6.07) is 0. The van der Waals surface area contributed by atoms with E-state index in [0.29, 0.717) is 5.92 Å². The molecular weight excluding hydrogens is 226 g/mol. The van der Waals surface area contributed by atoms with E-state index in [2.05, 4.69) is 5.32 Å². The lowest BCUT2D eigenvalue weighted by Gasteiger charge is -2.42. The number of carboxylic acid groups (broad SMARTS) is 1. The molecule has 1 aliphatic heterocycles. The van der Waals surface area contributed by atoms with Gasteiger partial charge in [0.15, 0.2) is 0 Å². The van der Waals surface area contributed by atoms with Crippen LogP contribution in [0.2, 0.25) is 0 Å². The lowest BCUT2D eigenvalue weighted by Crippen LogP contribution is -2.47. The summed E-state index contributed by atoms with van der Waals surface area (Å²) in [5.41, 5.74) is -0.397. The molecule has 0 atom stereocenters. The molecule has 0 aromatic heterocycles. The molecule has 94 valence electrons. The van der Waals surface area contributed by atoms with Gasteiger partial charge in [0, 0.05) is 0 Å². The van der Waals surface area contributed by atoms with Gasteiger partial charge in [-0.1, -0.05) is 19.3 Å². The number of rotatable bonds is 2. The van der Waals surface area contributed by atoms with E-state index in [-0.39, 0.29) is 12.4 Å². The Balaban J connectivity index is 0.00000128. The molecule has 2 fully saturated rings. The van der Waals surface area contributed by atoms with E-state index in [9.17, 15) is 9.90 Å². The molecule has 0 amide bonds. The number of nitrogens with one attached hydrogen (secondary N) is 1. The molecule has 4 heteroatoms. The molecule has 2 rings (SSSR count). The zero-order valence-corrected chi connectivity index (χ0v) is 10.5. The van der Waals surface area contributed by atoms with Gasteiger partial charge in [0.05, 0.1) is 5.41 Å². The predicted molar refractivity (Wildman–Crippen MR) is 66.0 cm³/mol. The molecular formula is C12H22ClNO2. The third-order valence-electron chi connectivity index (χ3n) is 4.31. The highest BCUT2D eigenvalue weighted by Gasteiger charge is 2.46. The molecule has 16 heavy (non-hydrogen) atoms. The fourth-order valence-corrected chi connectivity index (χ4v) is 3.32. The minimum Gasteiger partial charge on any atom is -0.481 e. The van der Waals surface area contributed by atoms with Gasteiger partial charge in [-0.2, -0.15) is 0 Å². The van der Waals surface area contributed by atoms with Crippen molar-refractivity contribution in [2.75, 3.05) is 13.1 Å². The first-order chi connectivity index (χ1) is 7.26. The fourth-order valence-electron chi connectivity index (χ4n) is 3.32. The van der Waals surface area contributed by atoms with Crippen LogP contribution in [-0.2, 0) is 4.79 Å². The Morgan fingerprint density at radius 2 is 1.69 bits per heavy atom. The molecule has 1 saturated carbocycles. The number of hydrogen-bond donors (Lipinski definition) is 2. The topological polar surface area (TPSA) is 49.3 Å². The lowest BCUT2D eigenvalue weighted by molar-refractivity contribution is -0.156. The van der Waals surface area contributed by atoms with Crippen LogP contribution in [0.4, 0.5) is 0 Å². The number of halogens is 1. The third kappa shape index (κ3) is 2.51. The maximum absolute atomic E-state index is 11.5. The minimum atomic E-state index is -0.545. The van der Waals surface area contributed by atoms with Crippen molar-refractivity contribution in [1.82, 2.24) is 5.32 Å². The highest BCUT2D eigenvalue weighted by atomic mass is 35.5. The second-order valence-electron chi connectivity index (χ2n) is 5.05. The maximum atomic E-state index is 11.5. The van der Waals surface area contributed by atoms with Crippen LogP contribution in [0.25, 0.3) is 0 Å². The number of hydrogen-bond acceptors (Lipinski definition) is 2. The molecule has 1 aliphatic carbocycles. The largest absolute Gasteiger partial charge is 0.481 e. The van der Waals surface area contributed by atoms with Gasteiger partial charge in [-0.25, -0.2) is 0 Å². The minimum absolute atomic E-state index is 0. The average molecular weight is 248 g/mol. The van der Waals surface area contributed by atoms with Crippen molar-refractivity contribution >= 4 is 18.4 Å². The summed E-state index contributed by atoms with van der Waals surface area (Å²) in [6.07, 6.45) is 7.67. The van der Waals surface area contributed by atoms with Gasteiger partial charge < -0.3 is 10.4 Å². The van der Waals surface area contributed by atoms with E-state index >= 15 is 0 Å². The smallest absolute Gasteiger partial charge is 0.310 e. The highest BCUT2D eigenvalue weighted by Crippen LogP contribution is 2.44. The molecule has 1 saturated heterocycles. The molecule has 0 unspecified atom stereocenters.